The second-order valence-electron chi connectivity index (χ2n) is 4.54. The number of carbonyl (C=O) groups excluding carboxylic acids is 1. The average molecular weight is 182 g/mol. The summed E-state index contributed by atoms with van der Waals surface area (Å²) in [6, 6.07) is 0. The molecule has 13 heavy (non-hydrogen) atoms. The Hall–Kier alpha value is -0.370. The minimum absolute atomic E-state index is 0.0716. The van der Waals surface area contributed by atoms with Gasteiger partial charge in [0.05, 0.1) is 0 Å². The van der Waals surface area contributed by atoms with E-state index >= 15 is 0 Å². The third-order valence-corrected chi connectivity index (χ3v) is 3.62. The maximum atomic E-state index is 11.6. The van der Waals surface area contributed by atoms with Gasteiger partial charge in [-0.1, -0.05) is 26.2 Å². The summed E-state index contributed by atoms with van der Waals surface area (Å²) < 4.78 is 5.64. The molecule has 0 aromatic carbocycles. The van der Waals surface area contributed by atoms with Crippen molar-refractivity contribution in [2.45, 2.75) is 63.6 Å². The molecule has 1 aliphatic heterocycles. The van der Waals surface area contributed by atoms with Crippen LogP contribution in [0.25, 0.3) is 0 Å². The zero-order valence-electron chi connectivity index (χ0n) is 8.56. The van der Waals surface area contributed by atoms with Gasteiger partial charge in [-0.25, -0.2) is 0 Å². The third-order valence-electron chi connectivity index (χ3n) is 3.62. The van der Waals surface area contributed by atoms with Crippen molar-refractivity contribution in [1.29, 1.82) is 0 Å². The lowest BCUT2D eigenvalue weighted by Gasteiger charge is -2.06. The molecule has 2 aliphatic rings. The Morgan fingerprint density at radius 3 is 2.69 bits per heavy atom. The Kier molecular flexibility index (Phi) is 1.99. The van der Waals surface area contributed by atoms with E-state index in [1.807, 2.05) is 0 Å². The quantitative estimate of drug-likeness (QED) is 0.493. The maximum Gasteiger partial charge on any atom is 0.167 e. The highest BCUT2D eigenvalue weighted by Crippen LogP contribution is 2.59. The number of carbonyl (C=O) groups is 1. The van der Waals surface area contributed by atoms with Gasteiger partial charge in [0.15, 0.2) is 11.4 Å². The van der Waals surface area contributed by atoms with E-state index in [0.717, 1.165) is 25.7 Å². The van der Waals surface area contributed by atoms with Gasteiger partial charge < -0.3 is 4.74 Å². The van der Waals surface area contributed by atoms with Crippen molar-refractivity contribution in [2.24, 2.45) is 0 Å². The number of fused-ring (bicyclic) bond motifs is 1. The Balaban J connectivity index is 1.94. The predicted molar refractivity (Wildman–Crippen MR) is 50.6 cm³/mol. The number of Topliss-reactive ketones (excluding diaryl/α,β-unsaturated/α-hetero) is 1. The maximum absolute atomic E-state index is 11.6. The number of epoxide rings is 1. The van der Waals surface area contributed by atoms with Crippen LogP contribution in [-0.2, 0) is 9.53 Å². The minimum Gasteiger partial charge on any atom is -0.354 e. The highest BCUT2D eigenvalue weighted by Gasteiger charge is 2.73. The lowest BCUT2D eigenvalue weighted by atomic mass is 9.91. The normalized spacial score (nSPS) is 42.2. The fourth-order valence-corrected chi connectivity index (χ4v) is 2.60. The molecular formula is C11H18O2. The molecule has 2 atom stereocenters. The van der Waals surface area contributed by atoms with Gasteiger partial charge in [-0.2, -0.15) is 0 Å². The highest BCUT2D eigenvalue weighted by molar-refractivity contribution is 5.94. The number of hydrogen-bond donors (Lipinski definition) is 0. The fraction of sp³-hybridized carbons (Fsp3) is 0.909. The van der Waals surface area contributed by atoms with E-state index in [-0.39, 0.29) is 11.2 Å². The van der Waals surface area contributed by atoms with Crippen LogP contribution in [0.2, 0.25) is 0 Å². The molecule has 1 aliphatic carbocycles. The topological polar surface area (TPSA) is 29.6 Å². The number of hydrogen-bond acceptors (Lipinski definition) is 2. The number of ketones is 1. The summed E-state index contributed by atoms with van der Waals surface area (Å²) in [4.78, 5) is 11.6. The Labute approximate surface area is 79.7 Å². The molecule has 1 heterocycles. The van der Waals surface area contributed by atoms with Crippen LogP contribution >= 0.6 is 0 Å². The van der Waals surface area contributed by atoms with Crippen molar-refractivity contribution >= 4 is 5.78 Å². The van der Waals surface area contributed by atoms with Crippen molar-refractivity contribution in [2.75, 3.05) is 0 Å². The molecule has 2 heteroatoms. The SMILES string of the molecule is CCCCCC12OC1(C)CCC2=O. The smallest absolute Gasteiger partial charge is 0.167 e. The van der Waals surface area contributed by atoms with Crippen molar-refractivity contribution in [3.05, 3.63) is 0 Å². The minimum atomic E-state index is -0.331. The van der Waals surface area contributed by atoms with E-state index in [4.69, 9.17) is 4.74 Å². The van der Waals surface area contributed by atoms with Gasteiger partial charge in [0.25, 0.3) is 0 Å². The van der Waals surface area contributed by atoms with Gasteiger partial charge in [-0.05, 0) is 19.8 Å². The Bertz CT molecular complexity index is 236. The van der Waals surface area contributed by atoms with Gasteiger partial charge in [0.1, 0.15) is 5.60 Å². The van der Waals surface area contributed by atoms with Crippen molar-refractivity contribution in [1.82, 2.24) is 0 Å². The molecule has 2 nitrogen and oxygen atoms in total. The lowest BCUT2D eigenvalue weighted by molar-refractivity contribution is -0.124. The first-order chi connectivity index (χ1) is 6.15. The van der Waals surface area contributed by atoms with E-state index in [9.17, 15) is 4.79 Å². The molecule has 0 radical (unpaired) electrons. The molecule has 0 bridgehead atoms. The predicted octanol–water partition coefficient (Wildman–Crippen LogP) is 2.46. The molecule has 0 aromatic heterocycles. The molecule has 0 N–H and O–H groups in total. The molecule has 2 fully saturated rings. The molecule has 1 saturated heterocycles. The van der Waals surface area contributed by atoms with Crippen LogP contribution in [-0.4, -0.2) is 17.0 Å². The summed E-state index contributed by atoms with van der Waals surface area (Å²) in [6.45, 7) is 4.27. The second-order valence-corrected chi connectivity index (χ2v) is 4.54. The molecular weight excluding hydrogens is 164 g/mol. The highest BCUT2D eigenvalue weighted by atomic mass is 16.6. The summed E-state index contributed by atoms with van der Waals surface area (Å²) in [6.07, 6.45) is 6.20. The standard InChI is InChI=1S/C11H18O2/c1-3-4-5-7-11-9(12)6-8-10(11,2)13-11/h3-8H2,1-2H3. The van der Waals surface area contributed by atoms with Gasteiger partial charge in [-0.15, -0.1) is 0 Å². The average Bonchev–Trinajstić information content (AvgIpc) is 2.63. The Morgan fingerprint density at radius 1 is 1.46 bits per heavy atom. The summed E-state index contributed by atoms with van der Waals surface area (Å²) >= 11 is 0. The molecule has 0 spiro atoms. The first-order valence-electron chi connectivity index (χ1n) is 5.38. The van der Waals surface area contributed by atoms with Gasteiger partial charge >= 0.3 is 0 Å². The van der Waals surface area contributed by atoms with Crippen molar-refractivity contribution in [3.8, 4) is 0 Å². The molecule has 2 unspecified atom stereocenters. The molecule has 1 saturated carbocycles. The van der Waals surface area contributed by atoms with Crippen LogP contribution < -0.4 is 0 Å². The van der Waals surface area contributed by atoms with Crippen LogP contribution in [0.5, 0.6) is 0 Å². The number of unbranched alkanes of at least 4 members (excludes halogenated alkanes) is 2. The first-order valence-corrected chi connectivity index (χ1v) is 5.38. The van der Waals surface area contributed by atoms with E-state index in [1.54, 1.807) is 0 Å². The fourth-order valence-electron chi connectivity index (χ4n) is 2.60. The van der Waals surface area contributed by atoms with Crippen LogP contribution in [0.15, 0.2) is 0 Å². The van der Waals surface area contributed by atoms with Gasteiger partial charge in [-0.3, -0.25) is 4.79 Å². The molecule has 2 rings (SSSR count). The van der Waals surface area contributed by atoms with Crippen molar-refractivity contribution in [3.63, 3.8) is 0 Å². The van der Waals surface area contributed by atoms with E-state index in [2.05, 4.69) is 13.8 Å². The second kappa shape index (κ2) is 2.81. The summed E-state index contributed by atoms with van der Waals surface area (Å²) in [5.41, 5.74) is -0.403. The van der Waals surface area contributed by atoms with E-state index in [1.165, 1.54) is 12.8 Å². The van der Waals surface area contributed by atoms with Gasteiger partial charge in [0.2, 0.25) is 0 Å². The number of rotatable bonds is 4. The van der Waals surface area contributed by atoms with Crippen LogP contribution in [0.3, 0.4) is 0 Å². The number of ether oxygens (including phenoxy) is 1. The summed E-state index contributed by atoms with van der Waals surface area (Å²) in [5.74, 6) is 0.353. The van der Waals surface area contributed by atoms with Crippen LogP contribution in [0.1, 0.15) is 52.4 Å². The zero-order chi connectivity index (χ0) is 9.53. The molecule has 0 amide bonds. The largest absolute Gasteiger partial charge is 0.354 e. The summed E-state index contributed by atoms with van der Waals surface area (Å²) in [7, 11) is 0. The molecule has 0 aromatic rings. The lowest BCUT2D eigenvalue weighted by Crippen LogP contribution is -2.24. The van der Waals surface area contributed by atoms with E-state index < -0.39 is 0 Å². The van der Waals surface area contributed by atoms with Crippen molar-refractivity contribution < 1.29 is 9.53 Å². The Morgan fingerprint density at radius 2 is 2.23 bits per heavy atom. The van der Waals surface area contributed by atoms with Crippen LogP contribution in [0.4, 0.5) is 0 Å². The summed E-state index contributed by atoms with van der Waals surface area (Å²) in [5, 5.41) is 0. The first kappa shape index (κ1) is 9.20. The monoisotopic (exact) mass is 182 g/mol. The zero-order valence-corrected chi connectivity index (χ0v) is 8.56. The molecule has 74 valence electrons. The van der Waals surface area contributed by atoms with Gasteiger partial charge in [0, 0.05) is 6.42 Å². The third kappa shape index (κ3) is 1.15. The van der Waals surface area contributed by atoms with Crippen LogP contribution in [0, 0.1) is 0 Å². The van der Waals surface area contributed by atoms with E-state index in [0.29, 0.717) is 5.78 Å².